The highest BCUT2D eigenvalue weighted by atomic mass is 32.2. The van der Waals surface area contributed by atoms with Crippen LogP contribution in [0.25, 0.3) is 0 Å². The molecule has 0 bridgehead atoms. The second-order valence-electron chi connectivity index (χ2n) is 7.54. The maximum Gasteiger partial charge on any atom is 0.306 e. The van der Waals surface area contributed by atoms with Gasteiger partial charge in [0.2, 0.25) is 5.78 Å². The second kappa shape index (κ2) is 9.87. The molecule has 1 aliphatic heterocycles. The van der Waals surface area contributed by atoms with E-state index < -0.39 is 16.0 Å². The molecule has 0 radical (unpaired) electrons. The summed E-state index contributed by atoms with van der Waals surface area (Å²) in [5, 5.41) is 0. The quantitative estimate of drug-likeness (QED) is 0.365. The Morgan fingerprint density at radius 3 is 2.61 bits per heavy atom. The third-order valence-electron chi connectivity index (χ3n) is 5.03. The van der Waals surface area contributed by atoms with Gasteiger partial charge in [0.05, 0.1) is 4.90 Å². The molecule has 1 N–H and O–H groups in total. The van der Waals surface area contributed by atoms with Crippen molar-refractivity contribution >= 4 is 27.6 Å². The molecule has 164 valence electrons. The van der Waals surface area contributed by atoms with E-state index in [1.54, 1.807) is 30.3 Å². The summed E-state index contributed by atoms with van der Waals surface area (Å²) < 4.78 is 31.7. The molecule has 0 amide bonds. The van der Waals surface area contributed by atoms with Gasteiger partial charge in [-0.15, -0.1) is 0 Å². The number of hydrogen-bond donors (Lipinski definition) is 1. The highest BCUT2D eigenvalue weighted by Crippen LogP contribution is 2.22. The van der Waals surface area contributed by atoms with Crippen molar-refractivity contribution in [2.75, 3.05) is 13.2 Å². The first-order chi connectivity index (χ1) is 14.8. The number of Topliss-reactive ketones (excluding diaryl/α,β-unsaturated/α-hetero) is 1. The number of aryl methyl sites for hydroxylation is 2. The number of nitrogens with zero attached hydrogens (tertiary/aromatic N) is 1. The predicted octanol–water partition coefficient (Wildman–Crippen LogP) is 3.33. The fourth-order valence-electron chi connectivity index (χ4n) is 3.33. The van der Waals surface area contributed by atoms with Crippen molar-refractivity contribution in [3.8, 4) is 0 Å². The first-order valence-corrected chi connectivity index (χ1v) is 11.7. The topological polar surface area (TPSA) is 102 Å². The van der Waals surface area contributed by atoms with E-state index in [4.69, 9.17) is 4.74 Å². The summed E-state index contributed by atoms with van der Waals surface area (Å²) in [6.07, 6.45) is 2.29. The Morgan fingerprint density at radius 2 is 1.81 bits per heavy atom. The number of hydrogen-bond acceptors (Lipinski definition) is 6. The van der Waals surface area contributed by atoms with Crippen LogP contribution in [-0.2, 0) is 19.6 Å². The summed E-state index contributed by atoms with van der Waals surface area (Å²) in [7, 11) is -3.52. The summed E-state index contributed by atoms with van der Waals surface area (Å²) in [5.41, 5.74) is 3.01. The number of nitrogens with one attached hydrogen (secondary N) is 1. The predicted molar refractivity (Wildman–Crippen MR) is 118 cm³/mol. The third-order valence-corrected chi connectivity index (χ3v) is 6.43. The second-order valence-corrected chi connectivity index (χ2v) is 9.20. The zero-order valence-electron chi connectivity index (χ0n) is 17.7. The molecule has 7 nitrogen and oxygen atoms in total. The number of esters is 1. The fourth-order valence-corrected chi connectivity index (χ4v) is 4.58. The minimum atomic E-state index is -3.52. The number of ketones is 1. The van der Waals surface area contributed by atoms with E-state index in [1.807, 2.05) is 26.0 Å². The van der Waals surface area contributed by atoms with Crippen molar-refractivity contribution in [2.45, 2.75) is 44.4 Å². The highest BCUT2D eigenvalue weighted by molar-refractivity contribution is 7.90. The Morgan fingerprint density at radius 1 is 1.03 bits per heavy atom. The summed E-state index contributed by atoms with van der Waals surface area (Å²) in [5.74, 6) is -0.243. The Kier molecular flexibility index (Phi) is 7.22. The van der Waals surface area contributed by atoms with Crippen molar-refractivity contribution in [1.29, 1.82) is 0 Å². The van der Waals surface area contributed by atoms with Crippen LogP contribution >= 0.6 is 0 Å². The van der Waals surface area contributed by atoms with Gasteiger partial charge < -0.3 is 4.74 Å². The molecule has 1 heterocycles. The monoisotopic (exact) mass is 442 g/mol. The van der Waals surface area contributed by atoms with Crippen molar-refractivity contribution in [1.82, 2.24) is 4.72 Å². The minimum absolute atomic E-state index is 0.204. The molecule has 2 aromatic carbocycles. The molecule has 8 heteroatoms. The van der Waals surface area contributed by atoms with Crippen LogP contribution in [0.2, 0.25) is 0 Å². The number of amidine groups is 1. The minimum Gasteiger partial charge on any atom is -0.457 e. The van der Waals surface area contributed by atoms with E-state index in [0.717, 1.165) is 17.5 Å². The average Bonchev–Trinajstić information content (AvgIpc) is 3.01. The van der Waals surface area contributed by atoms with Gasteiger partial charge in [-0.2, -0.15) is 0 Å². The van der Waals surface area contributed by atoms with E-state index in [9.17, 15) is 18.0 Å². The van der Waals surface area contributed by atoms with Gasteiger partial charge in [-0.25, -0.2) is 8.42 Å². The Balaban J connectivity index is 1.37. The molecule has 0 spiro atoms. The number of unbranched alkanes of at least 4 members (excludes halogenated alkanes) is 2. The average molecular weight is 443 g/mol. The molecule has 2 aromatic rings. The summed E-state index contributed by atoms with van der Waals surface area (Å²) in [4.78, 5) is 28.8. The smallest absolute Gasteiger partial charge is 0.306 e. The van der Waals surface area contributed by atoms with Gasteiger partial charge in [-0.05, 0) is 50.5 Å². The molecule has 1 aliphatic rings. The summed E-state index contributed by atoms with van der Waals surface area (Å²) >= 11 is 0. The first-order valence-electron chi connectivity index (χ1n) is 10.2. The number of sulfonamides is 1. The normalized spacial score (nSPS) is 15.4. The van der Waals surface area contributed by atoms with Crippen molar-refractivity contribution in [2.24, 2.45) is 4.99 Å². The highest BCUT2D eigenvalue weighted by Gasteiger charge is 2.29. The number of aliphatic imine (C=N–C) groups is 1. The lowest BCUT2D eigenvalue weighted by Crippen LogP contribution is -2.22. The van der Waals surface area contributed by atoms with Gasteiger partial charge in [-0.3, -0.25) is 19.3 Å². The maximum atomic E-state index is 12.3. The molecule has 0 aliphatic carbocycles. The van der Waals surface area contributed by atoms with Crippen LogP contribution in [0.15, 0.2) is 52.4 Å². The van der Waals surface area contributed by atoms with Gasteiger partial charge in [0, 0.05) is 24.1 Å². The van der Waals surface area contributed by atoms with Crippen LogP contribution in [0.5, 0.6) is 0 Å². The van der Waals surface area contributed by atoms with Crippen LogP contribution in [0, 0.1) is 13.8 Å². The van der Waals surface area contributed by atoms with Crippen LogP contribution in [0.4, 0.5) is 0 Å². The van der Waals surface area contributed by atoms with Gasteiger partial charge in [-0.1, -0.05) is 36.2 Å². The molecule has 3 rings (SSSR count). The van der Waals surface area contributed by atoms with E-state index >= 15 is 0 Å². The van der Waals surface area contributed by atoms with E-state index in [2.05, 4.69) is 9.71 Å². The van der Waals surface area contributed by atoms with Gasteiger partial charge in [0.25, 0.3) is 10.0 Å². The van der Waals surface area contributed by atoms with E-state index in [0.29, 0.717) is 36.3 Å². The van der Waals surface area contributed by atoms with Crippen LogP contribution < -0.4 is 4.72 Å². The van der Waals surface area contributed by atoms with Crippen molar-refractivity contribution in [3.05, 3.63) is 64.7 Å². The van der Waals surface area contributed by atoms with Crippen molar-refractivity contribution < 1.29 is 22.7 Å². The van der Waals surface area contributed by atoms with Crippen LogP contribution in [0.3, 0.4) is 0 Å². The SMILES string of the molecule is Cc1ccc(C)c(C(=O)COC(=O)CCCCCN=C2NS(=O)(=O)c3ccccc32)c1. The molecule has 0 unspecified atom stereocenters. The molecular weight excluding hydrogens is 416 g/mol. The first kappa shape index (κ1) is 22.7. The van der Waals surface area contributed by atoms with E-state index in [1.165, 1.54) is 0 Å². The number of carbonyl (C=O) groups is 2. The molecule has 0 saturated carbocycles. The molecular formula is C23H26N2O5S. The zero-order valence-corrected chi connectivity index (χ0v) is 18.5. The Labute approximate surface area is 182 Å². The van der Waals surface area contributed by atoms with E-state index in [-0.39, 0.29) is 23.7 Å². The number of carbonyl (C=O) groups excluding carboxylic acids is 2. The van der Waals surface area contributed by atoms with Crippen LogP contribution in [0.1, 0.15) is 52.7 Å². The lowest BCUT2D eigenvalue weighted by molar-refractivity contribution is -0.142. The molecule has 0 atom stereocenters. The molecule has 0 aromatic heterocycles. The zero-order chi connectivity index (χ0) is 22.4. The van der Waals surface area contributed by atoms with Crippen LogP contribution in [-0.4, -0.2) is 39.2 Å². The lowest BCUT2D eigenvalue weighted by atomic mass is 10.0. The molecule has 0 saturated heterocycles. The number of rotatable bonds is 9. The fraction of sp³-hybridized carbons (Fsp3) is 0.348. The maximum absolute atomic E-state index is 12.3. The largest absolute Gasteiger partial charge is 0.457 e. The number of ether oxygens (including phenoxy) is 1. The molecule has 31 heavy (non-hydrogen) atoms. The summed E-state index contributed by atoms with van der Waals surface area (Å²) in [6, 6.07) is 12.3. The Bertz CT molecular complexity index is 1120. The third kappa shape index (κ3) is 5.79. The van der Waals surface area contributed by atoms with Gasteiger partial charge in [0.1, 0.15) is 5.84 Å². The standard InChI is InChI=1S/C23H26N2O5S/c1-16-11-12-17(2)19(14-16)20(26)15-30-22(27)10-4-3-7-13-24-23-18-8-5-6-9-21(18)31(28,29)25-23/h5-6,8-9,11-12,14H,3-4,7,10,13,15H2,1-2H3,(H,24,25). The Hall–Kier alpha value is -3.00. The van der Waals surface area contributed by atoms with Gasteiger partial charge >= 0.3 is 5.97 Å². The summed E-state index contributed by atoms with van der Waals surface area (Å²) in [6.45, 7) is 3.96. The van der Waals surface area contributed by atoms with Gasteiger partial charge in [0.15, 0.2) is 6.61 Å². The molecule has 0 fully saturated rings. The number of benzene rings is 2. The van der Waals surface area contributed by atoms with Crippen molar-refractivity contribution in [3.63, 3.8) is 0 Å². The number of fused-ring (bicyclic) bond motifs is 1. The lowest BCUT2D eigenvalue weighted by Gasteiger charge is -2.07.